The van der Waals surface area contributed by atoms with Crippen LogP contribution in [0.15, 0.2) is 24.3 Å². The second-order valence-corrected chi connectivity index (χ2v) is 2.52. The Bertz CT molecular complexity index is 198. The number of para-hydroxylation sites is 1. The van der Waals surface area contributed by atoms with Crippen molar-refractivity contribution in [1.82, 2.24) is 0 Å². The van der Waals surface area contributed by atoms with Crippen LogP contribution < -0.4 is 5.73 Å². The van der Waals surface area contributed by atoms with E-state index in [1.54, 1.807) is 0 Å². The zero-order valence-electron chi connectivity index (χ0n) is 5.04. The molecule has 1 aromatic carbocycles. The molecule has 2 radical (unpaired) electrons. The van der Waals surface area contributed by atoms with Gasteiger partial charge < -0.3 is 0 Å². The second kappa shape index (κ2) is 2.93. The summed E-state index contributed by atoms with van der Waals surface area (Å²) in [5.74, 6) is 0. The number of nitrogens with two attached hydrogens (primary N) is 1. The van der Waals surface area contributed by atoms with Crippen LogP contribution in [-0.4, -0.2) is 16.9 Å². The molecule has 0 aliphatic heterocycles. The Kier molecular flexibility index (Phi) is 2.18. The molecule has 0 aromatic heterocycles. The summed E-state index contributed by atoms with van der Waals surface area (Å²) in [5, 5.41) is 0.958. The summed E-state index contributed by atoms with van der Waals surface area (Å²) >= 11 is 2.51. The van der Waals surface area contributed by atoms with Gasteiger partial charge in [-0.25, -0.2) is 0 Å². The molecule has 0 saturated heterocycles. The molecule has 9 heavy (non-hydrogen) atoms. The van der Waals surface area contributed by atoms with Gasteiger partial charge in [0.15, 0.2) is 0 Å². The molecular formula is C7H8AsN. The Morgan fingerprint density at radius 2 is 2.00 bits per heavy atom. The summed E-state index contributed by atoms with van der Waals surface area (Å²) in [5.41, 5.74) is 7.71. The zero-order chi connectivity index (χ0) is 6.69. The summed E-state index contributed by atoms with van der Waals surface area (Å²) in [6.07, 6.45) is 0. The molecule has 0 saturated carbocycles. The fourth-order valence-electron chi connectivity index (χ4n) is 0.678. The number of hydrogen-bond acceptors (Lipinski definition) is 1. The third-order valence-corrected chi connectivity index (χ3v) is 1.94. The van der Waals surface area contributed by atoms with E-state index in [2.05, 4.69) is 16.9 Å². The minimum absolute atomic E-state index is 0.887. The summed E-state index contributed by atoms with van der Waals surface area (Å²) in [7, 11) is 0. The number of nitrogen functional groups attached to an aromatic ring is 1. The van der Waals surface area contributed by atoms with Gasteiger partial charge in [0.05, 0.1) is 0 Å². The van der Waals surface area contributed by atoms with Gasteiger partial charge in [0.25, 0.3) is 0 Å². The predicted octanol–water partition coefficient (Wildman–Crippen LogP) is 0.937. The second-order valence-electron chi connectivity index (χ2n) is 1.86. The van der Waals surface area contributed by atoms with Gasteiger partial charge in [-0.1, -0.05) is 0 Å². The Labute approximate surface area is 63.8 Å². The zero-order valence-corrected chi connectivity index (χ0v) is 6.92. The quantitative estimate of drug-likeness (QED) is 0.506. The molecule has 0 heterocycles. The van der Waals surface area contributed by atoms with Crippen molar-refractivity contribution in [3.8, 4) is 0 Å². The van der Waals surface area contributed by atoms with E-state index in [0.717, 1.165) is 10.9 Å². The van der Waals surface area contributed by atoms with Crippen LogP contribution in [0.5, 0.6) is 0 Å². The normalized spacial score (nSPS) is 9.44. The Balaban J connectivity index is 3.01. The minimum atomic E-state index is 0.887. The van der Waals surface area contributed by atoms with Crippen molar-refractivity contribution < 1.29 is 0 Å². The molecule has 0 spiro atoms. The maximum absolute atomic E-state index is 5.62. The number of hydrogen-bond donors (Lipinski definition) is 1. The van der Waals surface area contributed by atoms with Crippen LogP contribution in [0.1, 0.15) is 5.56 Å². The Hall–Kier alpha value is -0.422. The van der Waals surface area contributed by atoms with Gasteiger partial charge in [0, 0.05) is 0 Å². The van der Waals surface area contributed by atoms with Crippen molar-refractivity contribution in [2.45, 2.75) is 5.21 Å². The fourth-order valence-corrected chi connectivity index (χ4v) is 1.28. The molecule has 0 aliphatic carbocycles. The molecule has 1 aromatic rings. The average molecular weight is 181 g/mol. The van der Waals surface area contributed by atoms with E-state index in [-0.39, 0.29) is 0 Å². The summed E-state index contributed by atoms with van der Waals surface area (Å²) < 4.78 is 0. The van der Waals surface area contributed by atoms with E-state index in [4.69, 9.17) is 5.73 Å². The fraction of sp³-hybridized carbons (Fsp3) is 0.143. The number of benzene rings is 1. The average Bonchev–Trinajstić information content (AvgIpc) is 1.89. The number of rotatable bonds is 1. The molecule has 2 heteroatoms. The molecule has 0 aliphatic rings. The standard InChI is InChI=1S/C7H8AsN/c8-5-6-3-1-2-4-7(6)9/h1-4H,5,9H2. The third-order valence-electron chi connectivity index (χ3n) is 1.23. The molecule has 2 N–H and O–H groups in total. The van der Waals surface area contributed by atoms with Crippen molar-refractivity contribution in [3.63, 3.8) is 0 Å². The molecule has 0 atom stereocenters. The van der Waals surface area contributed by atoms with Gasteiger partial charge >= 0.3 is 63.3 Å². The van der Waals surface area contributed by atoms with Crippen molar-refractivity contribution >= 4 is 22.5 Å². The monoisotopic (exact) mass is 181 g/mol. The van der Waals surface area contributed by atoms with Crippen molar-refractivity contribution in [2.24, 2.45) is 0 Å². The van der Waals surface area contributed by atoms with Crippen LogP contribution >= 0.6 is 0 Å². The van der Waals surface area contributed by atoms with E-state index < -0.39 is 0 Å². The first-order valence-corrected chi connectivity index (χ1v) is 4.11. The maximum atomic E-state index is 5.62. The Morgan fingerprint density at radius 3 is 2.44 bits per heavy atom. The molecule has 0 bridgehead atoms. The van der Waals surface area contributed by atoms with E-state index in [9.17, 15) is 0 Å². The first-order chi connectivity index (χ1) is 4.34. The molecule has 1 rings (SSSR count). The predicted molar refractivity (Wildman–Crippen MR) is 40.3 cm³/mol. The van der Waals surface area contributed by atoms with Crippen LogP contribution in [-0.2, 0) is 5.21 Å². The molecule has 0 fully saturated rings. The van der Waals surface area contributed by atoms with E-state index in [1.807, 2.05) is 24.3 Å². The first kappa shape index (κ1) is 6.70. The SMILES string of the molecule is Nc1ccccc1C[As]. The van der Waals surface area contributed by atoms with Crippen molar-refractivity contribution in [1.29, 1.82) is 0 Å². The summed E-state index contributed by atoms with van der Waals surface area (Å²) in [6, 6.07) is 7.90. The molecule has 0 amide bonds. The Morgan fingerprint density at radius 1 is 1.33 bits per heavy atom. The molecule has 0 unspecified atom stereocenters. The van der Waals surface area contributed by atoms with Gasteiger partial charge in [-0.3, -0.25) is 0 Å². The first-order valence-electron chi connectivity index (χ1n) is 2.79. The van der Waals surface area contributed by atoms with Crippen LogP contribution in [0, 0.1) is 0 Å². The van der Waals surface area contributed by atoms with E-state index >= 15 is 0 Å². The molecule has 46 valence electrons. The topological polar surface area (TPSA) is 26.0 Å². The van der Waals surface area contributed by atoms with Crippen LogP contribution in [0.3, 0.4) is 0 Å². The van der Waals surface area contributed by atoms with Gasteiger partial charge in [0.2, 0.25) is 0 Å². The molecule has 1 nitrogen and oxygen atoms in total. The number of anilines is 1. The van der Waals surface area contributed by atoms with Gasteiger partial charge in [-0.15, -0.1) is 0 Å². The van der Waals surface area contributed by atoms with Crippen LogP contribution in [0.2, 0.25) is 0 Å². The van der Waals surface area contributed by atoms with Gasteiger partial charge in [-0.2, -0.15) is 0 Å². The van der Waals surface area contributed by atoms with E-state index in [1.165, 1.54) is 5.56 Å². The van der Waals surface area contributed by atoms with Crippen molar-refractivity contribution in [3.05, 3.63) is 29.8 Å². The van der Waals surface area contributed by atoms with E-state index in [0.29, 0.717) is 0 Å². The third kappa shape index (κ3) is 1.49. The molecular weight excluding hydrogens is 173 g/mol. The summed E-state index contributed by atoms with van der Waals surface area (Å²) in [6.45, 7) is 0. The van der Waals surface area contributed by atoms with Gasteiger partial charge in [0.1, 0.15) is 0 Å². The summed E-state index contributed by atoms with van der Waals surface area (Å²) in [4.78, 5) is 0. The van der Waals surface area contributed by atoms with Crippen LogP contribution in [0.4, 0.5) is 5.69 Å². The van der Waals surface area contributed by atoms with Crippen molar-refractivity contribution in [2.75, 3.05) is 5.73 Å². The van der Waals surface area contributed by atoms with Gasteiger partial charge in [-0.05, 0) is 0 Å². The van der Waals surface area contributed by atoms with Crippen LogP contribution in [0.25, 0.3) is 0 Å².